The van der Waals surface area contributed by atoms with Gasteiger partial charge in [-0.15, -0.1) is 0 Å². The standard InChI is InChI=1S/C33H41Cl2N3O4S/c1-6-7-20-36-32(40)30(21-24-12-9-8-10-13-24)37(22-27-28(34)14-11-15-29(27)35)31(39)23-38(43(5,41)42)26-18-16-25(17-19-26)33(2,3)4/h8-19,30H,6-7,20-23H2,1-5H3,(H,36,40)/t30-/m0/s1. The number of nitrogens with zero attached hydrogens (tertiary/aromatic N) is 2. The molecule has 0 aliphatic carbocycles. The van der Waals surface area contributed by atoms with Gasteiger partial charge in [0.2, 0.25) is 21.8 Å². The van der Waals surface area contributed by atoms with Crippen molar-refractivity contribution in [2.45, 2.75) is 65.0 Å². The van der Waals surface area contributed by atoms with Crippen LogP contribution in [-0.4, -0.2) is 50.5 Å². The second-order valence-electron chi connectivity index (χ2n) is 11.6. The molecular formula is C33H41Cl2N3O4S. The van der Waals surface area contributed by atoms with E-state index < -0.39 is 28.5 Å². The van der Waals surface area contributed by atoms with Crippen LogP contribution in [-0.2, 0) is 38.0 Å². The highest BCUT2D eigenvalue weighted by molar-refractivity contribution is 7.92. The Morgan fingerprint density at radius 3 is 2.05 bits per heavy atom. The van der Waals surface area contributed by atoms with Crippen molar-refractivity contribution >= 4 is 50.7 Å². The molecule has 0 spiro atoms. The Morgan fingerprint density at radius 1 is 0.907 bits per heavy atom. The zero-order valence-electron chi connectivity index (χ0n) is 25.4. The Kier molecular flexibility index (Phi) is 12.1. The third-order valence-corrected chi connectivity index (χ3v) is 9.04. The van der Waals surface area contributed by atoms with E-state index >= 15 is 0 Å². The number of unbranched alkanes of at least 4 members (excludes halogenated alkanes) is 1. The van der Waals surface area contributed by atoms with Gasteiger partial charge in [0, 0.05) is 35.1 Å². The molecule has 1 atom stereocenters. The molecule has 2 amide bonds. The van der Waals surface area contributed by atoms with E-state index in [4.69, 9.17) is 23.2 Å². The molecule has 0 saturated carbocycles. The Labute approximate surface area is 266 Å². The number of nitrogens with one attached hydrogen (secondary N) is 1. The fourth-order valence-electron chi connectivity index (χ4n) is 4.66. The average Bonchev–Trinajstić information content (AvgIpc) is 2.94. The highest BCUT2D eigenvalue weighted by Crippen LogP contribution is 2.29. The first-order valence-corrected chi connectivity index (χ1v) is 16.9. The smallest absolute Gasteiger partial charge is 0.244 e. The van der Waals surface area contributed by atoms with E-state index in [1.807, 2.05) is 49.4 Å². The molecule has 0 heterocycles. The summed E-state index contributed by atoms with van der Waals surface area (Å²) in [6.45, 7) is 8.07. The summed E-state index contributed by atoms with van der Waals surface area (Å²) in [5.74, 6) is -0.901. The lowest BCUT2D eigenvalue weighted by Crippen LogP contribution is -2.53. The Morgan fingerprint density at radius 2 is 1.51 bits per heavy atom. The van der Waals surface area contributed by atoms with Gasteiger partial charge in [-0.1, -0.05) is 106 Å². The van der Waals surface area contributed by atoms with Crippen molar-refractivity contribution in [3.63, 3.8) is 0 Å². The minimum atomic E-state index is -3.87. The minimum absolute atomic E-state index is 0.0867. The fourth-order valence-corrected chi connectivity index (χ4v) is 6.02. The van der Waals surface area contributed by atoms with Crippen molar-refractivity contribution < 1.29 is 18.0 Å². The summed E-state index contributed by atoms with van der Waals surface area (Å²) in [7, 11) is -3.87. The first-order chi connectivity index (χ1) is 20.2. The molecule has 0 aliphatic heterocycles. The van der Waals surface area contributed by atoms with Crippen LogP contribution in [0.1, 0.15) is 57.2 Å². The topological polar surface area (TPSA) is 86.8 Å². The summed E-state index contributed by atoms with van der Waals surface area (Å²) in [4.78, 5) is 29.3. The Hall–Kier alpha value is -3.07. The molecule has 10 heteroatoms. The maximum absolute atomic E-state index is 14.2. The van der Waals surface area contributed by atoms with Crippen LogP contribution in [0.4, 0.5) is 5.69 Å². The molecule has 0 unspecified atom stereocenters. The molecule has 232 valence electrons. The number of carbonyl (C=O) groups is 2. The predicted octanol–water partition coefficient (Wildman–Crippen LogP) is 6.61. The maximum atomic E-state index is 14.2. The Balaban J connectivity index is 2.08. The van der Waals surface area contributed by atoms with E-state index in [-0.39, 0.29) is 24.3 Å². The number of benzene rings is 3. The molecule has 0 radical (unpaired) electrons. The molecule has 3 aromatic rings. The fraction of sp³-hybridized carbons (Fsp3) is 0.394. The van der Waals surface area contributed by atoms with Gasteiger partial charge in [0.05, 0.1) is 11.9 Å². The van der Waals surface area contributed by atoms with E-state index in [0.717, 1.165) is 34.5 Å². The predicted molar refractivity (Wildman–Crippen MR) is 176 cm³/mol. The van der Waals surface area contributed by atoms with Crippen LogP contribution in [0.5, 0.6) is 0 Å². The summed E-state index contributed by atoms with van der Waals surface area (Å²) >= 11 is 13.0. The Bertz CT molecular complexity index is 1470. The van der Waals surface area contributed by atoms with Crippen LogP contribution in [0.2, 0.25) is 10.0 Å². The van der Waals surface area contributed by atoms with Gasteiger partial charge in [-0.05, 0) is 47.2 Å². The summed E-state index contributed by atoms with van der Waals surface area (Å²) in [6.07, 6.45) is 2.94. The first kappa shape index (κ1) is 34.4. The summed E-state index contributed by atoms with van der Waals surface area (Å²) in [6, 6.07) is 20.6. The van der Waals surface area contributed by atoms with Crippen molar-refractivity contribution in [1.82, 2.24) is 10.2 Å². The van der Waals surface area contributed by atoms with Crippen molar-refractivity contribution in [3.8, 4) is 0 Å². The number of amides is 2. The lowest BCUT2D eigenvalue weighted by molar-refractivity contribution is -0.140. The molecule has 1 N–H and O–H groups in total. The quantitative estimate of drug-likeness (QED) is 0.212. The maximum Gasteiger partial charge on any atom is 0.244 e. The van der Waals surface area contributed by atoms with Crippen LogP contribution in [0, 0.1) is 0 Å². The summed E-state index contributed by atoms with van der Waals surface area (Å²) in [5.41, 5.74) is 2.56. The van der Waals surface area contributed by atoms with Crippen LogP contribution in [0.3, 0.4) is 0 Å². The van der Waals surface area contributed by atoms with E-state index in [1.165, 1.54) is 4.90 Å². The highest BCUT2D eigenvalue weighted by Gasteiger charge is 2.33. The van der Waals surface area contributed by atoms with Crippen LogP contribution in [0.15, 0.2) is 72.8 Å². The molecule has 0 fully saturated rings. The zero-order chi connectivity index (χ0) is 31.8. The number of sulfonamides is 1. The van der Waals surface area contributed by atoms with Gasteiger partial charge in [-0.25, -0.2) is 8.42 Å². The van der Waals surface area contributed by atoms with Gasteiger partial charge in [0.25, 0.3) is 0 Å². The van der Waals surface area contributed by atoms with E-state index in [0.29, 0.717) is 27.8 Å². The van der Waals surface area contributed by atoms with Crippen molar-refractivity contribution in [3.05, 3.63) is 99.5 Å². The van der Waals surface area contributed by atoms with Gasteiger partial charge in [-0.3, -0.25) is 13.9 Å². The lowest BCUT2D eigenvalue weighted by atomic mass is 9.87. The molecule has 0 aliphatic rings. The molecule has 7 nitrogen and oxygen atoms in total. The molecule has 0 aromatic heterocycles. The van der Waals surface area contributed by atoms with Crippen molar-refractivity contribution in [1.29, 1.82) is 0 Å². The third kappa shape index (κ3) is 9.71. The van der Waals surface area contributed by atoms with E-state index in [2.05, 4.69) is 26.1 Å². The third-order valence-electron chi connectivity index (χ3n) is 7.19. The largest absolute Gasteiger partial charge is 0.354 e. The number of anilines is 1. The molecular weight excluding hydrogens is 605 g/mol. The summed E-state index contributed by atoms with van der Waals surface area (Å²) < 4.78 is 27.1. The normalized spacial score (nSPS) is 12.4. The molecule has 3 aromatic carbocycles. The van der Waals surface area contributed by atoms with E-state index in [9.17, 15) is 18.0 Å². The molecule has 3 rings (SSSR count). The number of carbonyl (C=O) groups excluding carboxylic acids is 2. The highest BCUT2D eigenvalue weighted by atomic mass is 35.5. The number of hydrogen-bond donors (Lipinski definition) is 1. The monoisotopic (exact) mass is 645 g/mol. The minimum Gasteiger partial charge on any atom is -0.354 e. The SMILES string of the molecule is CCCCNC(=O)[C@H](Cc1ccccc1)N(Cc1c(Cl)cccc1Cl)C(=O)CN(c1ccc(C(C)(C)C)cc1)S(C)(=O)=O. The molecule has 0 saturated heterocycles. The van der Waals surface area contributed by atoms with Gasteiger partial charge in [-0.2, -0.15) is 0 Å². The first-order valence-electron chi connectivity index (χ1n) is 14.3. The lowest BCUT2D eigenvalue weighted by Gasteiger charge is -2.34. The van der Waals surface area contributed by atoms with Crippen LogP contribution >= 0.6 is 23.2 Å². The summed E-state index contributed by atoms with van der Waals surface area (Å²) in [5, 5.41) is 3.64. The average molecular weight is 647 g/mol. The second kappa shape index (κ2) is 15.1. The molecule has 43 heavy (non-hydrogen) atoms. The number of rotatable bonds is 13. The van der Waals surface area contributed by atoms with Crippen LogP contribution in [0.25, 0.3) is 0 Å². The second-order valence-corrected chi connectivity index (χ2v) is 14.4. The van der Waals surface area contributed by atoms with Gasteiger partial charge >= 0.3 is 0 Å². The van der Waals surface area contributed by atoms with Gasteiger partial charge in [0.1, 0.15) is 12.6 Å². The zero-order valence-corrected chi connectivity index (χ0v) is 27.8. The number of hydrogen-bond acceptors (Lipinski definition) is 4. The van der Waals surface area contributed by atoms with Crippen molar-refractivity contribution in [2.75, 3.05) is 23.7 Å². The number of halogens is 2. The van der Waals surface area contributed by atoms with Crippen molar-refractivity contribution in [2.24, 2.45) is 0 Å². The van der Waals surface area contributed by atoms with Gasteiger partial charge < -0.3 is 10.2 Å². The van der Waals surface area contributed by atoms with Gasteiger partial charge in [0.15, 0.2) is 0 Å². The van der Waals surface area contributed by atoms with E-state index in [1.54, 1.807) is 30.3 Å². The molecule has 0 bridgehead atoms. The van der Waals surface area contributed by atoms with Crippen LogP contribution < -0.4 is 9.62 Å².